The molecule has 0 aromatic heterocycles. The summed E-state index contributed by atoms with van der Waals surface area (Å²) in [5.41, 5.74) is 6.46. The summed E-state index contributed by atoms with van der Waals surface area (Å²) in [6.07, 6.45) is -1.02. The monoisotopic (exact) mass is 407 g/mol. The second-order valence-electron chi connectivity index (χ2n) is 5.38. The number of nitrogens with zero attached hydrogens (tertiary/aromatic N) is 1. The van der Waals surface area contributed by atoms with Crippen molar-refractivity contribution >= 4 is 40.8 Å². The van der Waals surface area contributed by atoms with E-state index < -0.39 is 24.7 Å². The van der Waals surface area contributed by atoms with E-state index in [1.165, 1.54) is 19.1 Å². The Hall–Kier alpha value is -2.95. The molecule has 3 N–H and O–H groups in total. The van der Waals surface area contributed by atoms with Crippen LogP contribution >= 0.6 is 23.2 Å². The lowest BCUT2D eigenvalue weighted by atomic mass is 10.1. The second kappa shape index (κ2) is 9.12. The minimum atomic E-state index is -1.02. The topological polar surface area (TPSA) is 114 Å². The predicted octanol–water partition coefficient (Wildman–Crippen LogP) is 3.40. The van der Waals surface area contributed by atoms with Gasteiger partial charge in [0.1, 0.15) is 5.75 Å². The summed E-state index contributed by atoms with van der Waals surface area (Å²) in [7, 11) is 0. The van der Waals surface area contributed by atoms with Crippen molar-refractivity contribution in [1.82, 2.24) is 0 Å². The number of ether oxygens (including phenoxy) is 2. The third kappa shape index (κ3) is 5.78. The number of halogens is 2. The second-order valence-corrected chi connectivity index (χ2v) is 6.23. The summed E-state index contributed by atoms with van der Waals surface area (Å²) < 4.78 is 10.7. The van der Waals surface area contributed by atoms with Crippen LogP contribution in [-0.4, -0.2) is 18.5 Å². The molecule has 2 aromatic rings. The van der Waals surface area contributed by atoms with E-state index in [1.54, 1.807) is 24.3 Å². The maximum Gasteiger partial charge on any atom is 0.304 e. The number of nitrogens with two attached hydrogens (primary N) is 1. The van der Waals surface area contributed by atoms with Gasteiger partial charge in [0.15, 0.2) is 6.61 Å². The minimum Gasteiger partial charge on any atom is -0.482 e. The summed E-state index contributed by atoms with van der Waals surface area (Å²) in [6, 6.07) is 11.4. The van der Waals surface area contributed by atoms with Gasteiger partial charge in [-0.2, -0.15) is 5.26 Å². The highest BCUT2D eigenvalue weighted by atomic mass is 35.5. The molecule has 2 rings (SSSR count). The number of anilines is 1. The molecule has 0 fully saturated rings. The van der Waals surface area contributed by atoms with Crippen molar-refractivity contribution in [3.8, 4) is 11.8 Å². The Bertz CT molecular complexity index is 895. The fourth-order valence-electron chi connectivity index (χ4n) is 2.20. The third-order valence-corrected chi connectivity index (χ3v) is 3.77. The van der Waals surface area contributed by atoms with Crippen LogP contribution in [0.2, 0.25) is 10.0 Å². The number of hydrogen-bond donors (Lipinski definition) is 2. The van der Waals surface area contributed by atoms with Gasteiger partial charge in [-0.05, 0) is 36.4 Å². The molecule has 1 amide bonds. The fraction of sp³-hybridized carbons (Fsp3) is 0.167. The minimum absolute atomic E-state index is 0.104. The van der Waals surface area contributed by atoms with Gasteiger partial charge in [0.25, 0.3) is 5.91 Å². The Morgan fingerprint density at radius 1 is 1.26 bits per heavy atom. The van der Waals surface area contributed by atoms with Crippen LogP contribution in [0.15, 0.2) is 36.4 Å². The van der Waals surface area contributed by atoms with Gasteiger partial charge in [-0.25, -0.2) is 0 Å². The molecule has 0 aliphatic rings. The molecular formula is C18H15Cl2N3O4. The number of hydrogen-bond acceptors (Lipinski definition) is 6. The molecule has 0 aliphatic carbocycles. The first-order valence-electron chi connectivity index (χ1n) is 7.64. The van der Waals surface area contributed by atoms with Crippen molar-refractivity contribution in [3.63, 3.8) is 0 Å². The summed E-state index contributed by atoms with van der Waals surface area (Å²) in [5.74, 6) is -1.17. The van der Waals surface area contributed by atoms with Crippen LogP contribution in [-0.2, 0) is 14.3 Å². The van der Waals surface area contributed by atoms with E-state index in [-0.39, 0.29) is 15.8 Å². The van der Waals surface area contributed by atoms with Gasteiger partial charge in [0, 0.05) is 17.6 Å². The van der Waals surface area contributed by atoms with Crippen molar-refractivity contribution in [2.45, 2.75) is 13.2 Å². The van der Waals surface area contributed by atoms with Crippen LogP contribution in [0.1, 0.15) is 24.3 Å². The smallest absolute Gasteiger partial charge is 0.304 e. The van der Waals surface area contributed by atoms with Crippen LogP contribution in [0.4, 0.5) is 5.69 Å². The number of nitriles is 1. The van der Waals surface area contributed by atoms with Gasteiger partial charge >= 0.3 is 5.97 Å². The molecule has 0 saturated carbocycles. The zero-order valence-electron chi connectivity index (χ0n) is 14.2. The molecule has 0 heterocycles. The van der Waals surface area contributed by atoms with E-state index in [2.05, 4.69) is 5.32 Å². The summed E-state index contributed by atoms with van der Waals surface area (Å²) in [6.45, 7) is 0.821. The maximum absolute atomic E-state index is 11.6. The Balaban J connectivity index is 2.43. The summed E-state index contributed by atoms with van der Waals surface area (Å²) in [5, 5.41) is 12.3. The maximum atomic E-state index is 11.6. The summed E-state index contributed by atoms with van der Waals surface area (Å²) in [4.78, 5) is 22.6. The highest BCUT2D eigenvalue weighted by molar-refractivity contribution is 6.35. The van der Waals surface area contributed by atoms with E-state index >= 15 is 0 Å². The standard InChI is InChI=1S/C18H15Cl2N3O4/c1-10(24)27-18(23-13-4-2-11(8-21)3-5-13)14-6-12(19)7-15(20)17(14)26-9-16(22)25/h2-7,18,23H,9H2,1H3,(H2,22,25). The van der Waals surface area contributed by atoms with E-state index in [0.29, 0.717) is 16.8 Å². The summed E-state index contributed by atoms with van der Waals surface area (Å²) >= 11 is 12.2. The van der Waals surface area contributed by atoms with Crippen molar-refractivity contribution in [2.75, 3.05) is 11.9 Å². The number of amides is 1. The number of nitrogens with one attached hydrogen (secondary N) is 1. The highest BCUT2D eigenvalue weighted by Crippen LogP contribution is 2.38. The van der Waals surface area contributed by atoms with Crippen LogP contribution in [0.5, 0.6) is 5.75 Å². The fourth-order valence-corrected chi connectivity index (χ4v) is 2.76. The molecular weight excluding hydrogens is 393 g/mol. The Morgan fingerprint density at radius 2 is 1.93 bits per heavy atom. The van der Waals surface area contributed by atoms with E-state index in [0.717, 1.165) is 0 Å². The molecule has 0 spiro atoms. The van der Waals surface area contributed by atoms with Crippen LogP contribution in [0.3, 0.4) is 0 Å². The molecule has 0 bridgehead atoms. The van der Waals surface area contributed by atoms with Gasteiger partial charge in [0.05, 0.1) is 22.2 Å². The van der Waals surface area contributed by atoms with Crippen molar-refractivity contribution in [2.24, 2.45) is 5.73 Å². The molecule has 1 atom stereocenters. The molecule has 7 nitrogen and oxygen atoms in total. The van der Waals surface area contributed by atoms with Crippen LogP contribution in [0, 0.1) is 11.3 Å². The first-order chi connectivity index (χ1) is 12.8. The van der Waals surface area contributed by atoms with Gasteiger partial charge in [-0.3, -0.25) is 9.59 Å². The lowest BCUT2D eigenvalue weighted by molar-refractivity contribution is -0.145. The van der Waals surface area contributed by atoms with Crippen molar-refractivity contribution in [3.05, 3.63) is 57.6 Å². The predicted molar refractivity (Wildman–Crippen MR) is 100 cm³/mol. The average molecular weight is 408 g/mol. The van der Waals surface area contributed by atoms with Crippen molar-refractivity contribution < 1.29 is 19.1 Å². The van der Waals surface area contributed by atoms with Crippen LogP contribution in [0.25, 0.3) is 0 Å². The molecule has 1 unspecified atom stereocenters. The SMILES string of the molecule is CC(=O)OC(Nc1ccc(C#N)cc1)c1cc(Cl)cc(Cl)c1OCC(N)=O. The van der Waals surface area contributed by atoms with E-state index in [9.17, 15) is 9.59 Å². The molecule has 2 aromatic carbocycles. The van der Waals surface area contributed by atoms with Crippen LogP contribution < -0.4 is 15.8 Å². The first-order valence-corrected chi connectivity index (χ1v) is 8.39. The molecule has 0 aliphatic heterocycles. The number of carbonyl (C=O) groups excluding carboxylic acids is 2. The number of rotatable bonds is 7. The Morgan fingerprint density at radius 3 is 2.48 bits per heavy atom. The van der Waals surface area contributed by atoms with Gasteiger partial charge in [0.2, 0.25) is 6.23 Å². The molecule has 0 saturated heterocycles. The third-order valence-electron chi connectivity index (χ3n) is 3.27. The first kappa shape index (κ1) is 20.4. The van der Waals surface area contributed by atoms with E-state index in [4.69, 9.17) is 43.7 Å². The molecule has 140 valence electrons. The number of primary amides is 1. The van der Waals surface area contributed by atoms with E-state index in [1.807, 2.05) is 6.07 Å². The largest absolute Gasteiger partial charge is 0.482 e. The van der Waals surface area contributed by atoms with Crippen molar-refractivity contribution in [1.29, 1.82) is 5.26 Å². The van der Waals surface area contributed by atoms with Gasteiger partial charge in [-0.1, -0.05) is 23.2 Å². The molecule has 27 heavy (non-hydrogen) atoms. The normalized spacial score (nSPS) is 11.2. The van der Waals surface area contributed by atoms with Gasteiger partial charge in [-0.15, -0.1) is 0 Å². The Labute approximate surface area is 165 Å². The lowest BCUT2D eigenvalue weighted by Crippen LogP contribution is -2.22. The number of esters is 1. The molecule has 9 heteroatoms. The Kier molecular flexibility index (Phi) is 6.88. The zero-order chi connectivity index (χ0) is 20.0. The lowest BCUT2D eigenvalue weighted by Gasteiger charge is -2.23. The zero-order valence-corrected chi connectivity index (χ0v) is 15.7. The van der Waals surface area contributed by atoms with Gasteiger partial charge < -0.3 is 20.5 Å². The number of benzene rings is 2. The number of carbonyl (C=O) groups is 2. The average Bonchev–Trinajstić information content (AvgIpc) is 2.60. The highest BCUT2D eigenvalue weighted by Gasteiger charge is 2.23. The quantitative estimate of drug-likeness (QED) is 0.536. The molecule has 0 radical (unpaired) electrons.